The fourth-order valence-corrected chi connectivity index (χ4v) is 2.87. The second-order valence-electron chi connectivity index (χ2n) is 5.55. The maximum absolute atomic E-state index is 12.8. The molecule has 0 amide bonds. The summed E-state index contributed by atoms with van der Waals surface area (Å²) in [4.78, 5) is 0. The van der Waals surface area contributed by atoms with Crippen LogP contribution < -0.4 is 5.32 Å². The highest BCUT2D eigenvalue weighted by Gasteiger charge is 2.30. The van der Waals surface area contributed by atoms with Gasteiger partial charge in [-0.25, -0.2) is 4.39 Å². The number of nitrogens with one attached hydrogen (secondary N) is 1. The number of hydrogen-bond donors (Lipinski definition) is 1. The van der Waals surface area contributed by atoms with E-state index >= 15 is 0 Å². The minimum atomic E-state index is -0.144. The molecule has 1 saturated carbocycles. The van der Waals surface area contributed by atoms with Gasteiger partial charge in [0.15, 0.2) is 0 Å². The molecule has 1 N–H and O–H groups in total. The van der Waals surface area contributed by atoms with Crippen LogP contribution in [0.3, 0.4) is 0 Å². The Labute approximate surface area is 108 Å². The van der Waals surface area contributed by atoms with Crippen LogP contribution >= 0.6 is 0 Å². The third-order valence-corrected chi connectivity index (χ3v) is 4.20. The maximum atomic E-state index is 12.8. The van der Waals surface area contributed by atoms with Gasteiger partial charge < -0.3 is 10.1 Å². The predicted molar refractivity (Wildman–Crippen MR) is 69.1 cm³/mol. The van der Waals surface area contributed by atoms with E-state index in [9.17, 15) is 4.39 Å². The van der Waals surface area contributed by atoms with Gasteiger partial charge in [-0.1, -0.05) is 12.1 Å². The van der Waals surface area contributed by atoms with Crippen molar-refractivity contribution in [2.45, 2.75) is 31.2 Å². The summed E-state index contributed by atoms with van der Waals surface area (Å²) >= 11 is 0. The summed E-state index contributed by atoms with van der Waals surface area (Å²) < 4.78 is 18.2. The Morgan fingerprint density at radius 1 is 1.22 bits per heavy atom. The van der Waals surface area contributed by atoms with Crippen molar-refractivity contribution in [2.75, 3.05) is 19.8 Å². The molecule has 3 rings (SSSR count). The first kappa shape index (κ1) is 12.1. The Balaban J connectivity index is 1.41. The molecule has 1 heterocycles. The molecular weight excluding hydrogens is 229 g/mol. The van der Waals surface area contributed by atoms with E-state index in [0.29, 0.717) is 17.9 Å². The average molecular weight is 249 g/mol. The van der Waals surface area contributed by atoms with Crippen LogP contribution in [0.15, 0.2) is 24.3 Å². The van der Waals surface area contributed by atoms with Crippen LogP contribution in [0.2, 0.25) is 0 Å². The number of hydrogen-bond acceptors (Lipinski definition) is 2. The molecule has 18 heavy (non-hydrogen) atoms. The zero-order valence-corrected chi connectivity index (χ0v) is 10.6. The summed E-state index contributed by atoms with van der Waals surface area (Å²) in [6.45, 7) is 2.93. The number of ether oxygens (including phenoxy) is 1. The molecule has 1 atom stereocenters. The van der Waals surface area contributed by atoms with Crippen LogP contribution in [-0.4, -0.2) is 25.8 Å². The molecular formula is C15H20FNO. The lowest BCUT2D eigenvalue weighted by atomic mass is 9.76. The lowest BCUT2D eigenvalue weighted by Crippen LogP contribution is -2.42. The van der Waals surface area contributed by atoms with E-state index in [1.807, 2.05) is 12.1 Å². The van der Waals surface area contributed by atoms with Gasteiger partial charge in [0.25, 0.3) is 0 Å². The van der Waals surface area contributed by atoms with Crippen LogP contribution in [0.5, 0.6) is 0 Å². The van der Waals surface area contributed by atoms with Crippen LogP contribution in [0.4, 0.5) is 4.39 Å². The third-order valence-electron chi connectivity index (χ3n) is 4.20. The molecule has 2 nitrogen and oxygen atoms in total. The van der Waals surface area contributed by atoms with Gasteiger partial charge >= 0.3 is 0 Å². The smallest absolute Gasteiger partial charge is 0.123 e. The average Bonchev–Trinajstić information content (AvgIpc) is 2.82. The lowest BCUT2D eigenvalue weighted by molar-refractivity contribution is 0.182. The fraction of sp³-hybridized carbons (Fsp3) is 0.600. The van der Waals surface area contributed by atoms with Crippen molar-refractivity contribution in [3.8, 4) is 0 Å². The Morgan fingerprint density at radius 2 is 2.00 bits per heavy atom. The zero-order chi connectivity index (χ0) is 12.4. The van der Waals surface area contributed by atoms with Crippen LogP contribution in [0.25, 0.3) is 0 Å². The van der Waals surface area contributed by atoms with E-state index in [-0.39, 0.29) is 5.82 Å². The molecule has 2 aliphatic rings. The molecule has 1 aromatic carbocycles. The molecule has 0 bridgehead atoms. The lowest BCUT2D eigenvalue weighted by Gasteiger charge is -2.37. The molecule has 98 valence electrons. The van der Waals surface area contributed by atoms with Crippen molar-refractivity contribution in [1.29, 1.82) is 0 Å². The van der Waals surface area contributed by atoms with Crippen LogP contribution in [0, 0.1) is 11.7 Å². The minimum Gasteiger partial charge on any atom is -0.381 e. The van der Waals surface area contributed by atoms with Crippen molar-refractivity contribution in [1.82, 2.24) is 5.32 Å². The van der Waals surface area contributed by atoms with Gasteiger partial charge in [0.1, 0.15) is 5.82 Å². The summed E-state index contributed by atoms with van der Waals surface area (Å²) in [5, 5.41) is 3.62. The molecule has 1 aliphatic carbocycles. The monoisotopic (exact) mass is 249 g/mol. The van der Waals surface area contributed by atoms with Crippen LogP contribution in [-0.2, 0) is 4.74 Å². The quantitative estimate of drug-likeness (QED) is 0.886. The largest absolute Gasteiger partial charge is 0.381 e. The van der Waals surface area contributed by atoms with Crippen molar-refractivity contribution in [2.24, 2.45) is 5.92 Å². The van der Waals surface area contributed by atoms with Gasteiger partial charge in [-0.2, -0.15) is 0 Å². The molecule has 1 unspecified atom stereocenters. The second kappa shape index (κ2) is 5.37. The molecule has 3 heteroatoms. The van der Waals surface area contributed by atoms with Crippen molar-refractivity contribution in [3.63, 3.8) is 0 Å². The first-order chi connectivity index (χ1) is 8.81. The second-order valence-corrected chi connectivity index (χ2v) is 5.55. The van der Waals surface area contributed by atoms with Gasteiger partial charge in [0.05, 0.1) is 6.61 Å². The molecule has 2 fully saturated rings. The first-order valence-corrected chi connectivity index (χ1v) is 6.88. The molecule has 1 saturated heterocycles. The number of rotatable bonds is 4. The van der Waals surface area contributed by atoms with Crippen molar-refractivity contribution < 1.29 is 9.13 Å². The predicted octanol–water partition coefficient (Wildman–Crippen LogP) is 2.70. The van der Waals surface area contributed by atoms with E-state index in [1.54, 1.807) is 12.1 Å². The van der Waals surface area contributed by atoms with Crippen LogP contribution in [0.1, 0.15) is 30.7 Å². The topological polar surface area (TPSA) is 21.3 Å². The van der Waals surface area contributed by atoms with Gasteiger partial charge in [0, 0.05) is 19.2 Å². The normalized spacial score (nSPS) is 31.3. The molecule has 0 spiro atoms. The zero-order valence-electron chi connectivity index (χ0n) is 10.6. The summed E-state index contributed by atoms with van der Waals surface area (Å²) in [6, 6.07) is 7.60. The number of halogens is 1. The summed E-state index contributed by atoms with van der Waals surface area (Å²) in [5.74, 6) is 1.17. The maximum Gasteiger partial charge on any atom is 0.123 e. The molecule has 1 aliphatic heterocycles. The van der Waals surface area contributed by atoms with E-state index in [4.69, 9.17) is 4.74 Å². The van der Waals surface area contributed by atoms with E-state index in [1.165, 1.54) is 24.8 Å². The minimum absolute atomic E-state index is 0.144. The molecule has 0 radical (unpaired) electrons. The van der Waals surface area contributed by atoms with Crippen molar-refractivity contribution in [3.05, 3.63) is 35.6 Å². The van der Waals surface area contributed by atoms with Gasteiger partial charge in [0.2, 0.25) is 0 Å². The van der Waals surface area contributed by atoms with E-state index in [2.05, 4.69) is 5.32 Å². The summed E-state index contributed by atoms with van der Waals surface area (Å²) in [6.07, 6.45) is 3.56. The Bertz CT molecular complexity index is 380. The molecule has 0 aromatic heterocycles. The highest BCUT2D eigenvalue weighted by Crippen LogP contribution is 2.36. The Kier molecular flexibility index (Phi) is 3.62. The third kappa shape index (κ3) is 2.73. The first-order valence-electron chi connectivity index (χ1n) is 6.88. The Hall–Kier alpha value is -0.930. The summed E-state index contributed by atoms with van der Waals surface area (Å²) in [7, 11) is 0. The number of benzene rings is 1. The standard InChI is InChI=1S/C15H20FNO/c16-14-3-1-12(2-4-14)13-7-15(8-13)17-9-11-5-6-18-10-11/h1-4,11,13,15,17H,5-10H2. The van der Waals surface area contributed by atoms with E-state index in [0.717, 1.165) is 19.8 Å². The van der Waals surface area contributed by atoms with Gasteiger partial charge in [-0.05, 0) is 48.8 Å². The molecule has 1 aromatic rings. The fourth-order valence-electron chi connectivity index (χ4n) is 2.87. The van der Waals surface area contributed by atoms with Gasteiger partial charge in [-0.3, -0.25) is 0 Å². The Morgan fingerprint density at radius 3 is 2.67 bits per heavy atom. The van der Waals surface area contributed by atoms with Crippen molar-refractivity contribution >= 4 is 0 Å². The highest BCUT2D eigenvalue weighted by atomic mass is 19.1. The SMILES string of the molecule is Fc1ccc(C2CC(NCC3CCOC3)C2)cc1. The van der Waals surface area contributed by atoms with E-state index < -0.39 is 0 Å². The highest BCUT2D eigenvalue weighted by molar-refractivity contribution is 5.23. The van der Waals surface area contributed by atoms with Gasteiger partial charge in [-0.15, -0.1) is 0 Å². The summed E-state index contributed by atoms with van der Waals surface area (Å²) in [5.41, 5.74) is 1.28.